The molecule has 0 spiro atoms. The highest BCUT2D eigenvalue weighted by molar-refractivity contribution is 5.87. The van der Waals surface area contributed by atoms with E-state index in [1.165, 1.54) is 11.6 Å². The van der Waals surface area contributed by atoms with E-state index >= 15 is 0 Å². The van der Waals surface area contributed by atoms with Gasteiger partial charge < -0.3 is 19.0 Å². The van der Waals surface area contributed by atoms with Gasteiger partial charge in [-0.25, -0.2) is 9.59 Å². The van der Waals surface area contributed by atoms with E-state index in [9.17, 15) is 14.7 Å². The van der Waals surface area contributed by atoms with Gasteiger partial charge in [-0.1, -0.05) is 38.5 Å². The fraction of sp³-hybridized carbons (Fsp3) is 0.517. The first-order chi connectivity index (χ1) is 16.5. The minimum absolute atomic E-state index is 0.0718. The van der Waals surface area contributed by atoms with E-state index in [2.05, 4.69) is 33.8 Å². The number of aliphatic hydroxyl groups is 1. The van der Waals surface area contributed by atoms with Crippen LogP contribution in [0.15, 0.2) is 62.8 Å². The number of carbonyl (C=O) groups is 1. The van der Waals surface area contributed by atoms with Crippen LogP contribution in [0.1, 0.15) is 54.4 Å². The first kappa shape index (κ1) is 25.2. The van der Waals surface area contributed by atoms with Crippen LogP contribution in [0.2, 0.25) is 0 Å². The van der Waals surface area contributed by atoms with Gasteiger partial charge in [-0.3, -0.25) is 0 Å². The number of carbonyl (C=O) groups excluding carboxylic acids is 1. The molecule has 1 unspecified atom stereocenters. The maximum absolute atomic E-state index is 12.5. The largest absolute Gasteiger partial charge is 0.493 e. The van der Waals surface area contributed by atoms with Crippen molar-refractivity contribution in [2.75, 3.05) is 6.61 Å². The third-order valence-electron chi connectivity index (χ3n) is 8.45. The monoisotopic (exact) mass is 480 g/mol. The quantitative estimate of drug-likeness (QED) is 0.266. The van der Waals surface area contributed by atoms with Crippen LogP contribution in [0.4, 0.5) is 0 Å². The topological polar surface area (TPSA) is 86.0 Å². The fourth-order valence-electron chi connectivity index (χ4n) is 6.36. The van der Waals surface area contributed by atoms with Crippen molar-refractivity contribution >= 4 is 16.9 Å². The lowest BCUT2D eigenvalue weighted by Crippen LogP contribution is -2.61. The van der Waals surface area contributed by atoms with Crippen LogP contribution >= 0.6 is 0 Å². The Morgan fingerprint density at radius 3 is 2.66 bits per heavy atom. The van der Waals surface area contributed by atoms with Gasteiger partial charge in [0.25, 0.3) is 0 Å². The molecule has 0 radical (unpaired) electrons. The average molecular weight is 481 g/mol. The summed E-state index contributed by atoms with van der Waals surface area (Å²) in [5, 5.41) is 12.1. The van der Waals surface area contributed by atoms with Crippen molar-refractivity contribution in [2.45, 2.75) is 66.6 Å². The summed E-state index contributed by atoms with van der Waals surface area (Å²) in [7, 11) is 0. The van der Waals surface area contributed by atoms with Crippen LogP contribution in [0, 0.1) is 22.7 Å². The predicted octanol–water partition coefficient (Wildman–Crippen LogP) is 5.43. The van der Waals surface area contributed by atoms with Gasteiger partial charge in [-0.05, 0) is 63.1 Å². The number of benzene rings is 1. The summed E-state index contributed by atoms with van der Waals surface area (Å²) in [6.07, 6.45) is 4.00. The van der Waals surface area contributed by atoms with Crippen molar-refractivity contribution in [1.29, 1.82) is 0 Å². The second-order valence-electron chi connectivity index (χ2n) is 11.0. The standard InChI is InChI=1S/C29H36O6/c1-7-17(2)27(32)35-26-22(30)15-29(6)21(18(3)8-12-24(29)28(26,4)5)16-33-20-11-9-19-10-13-25(31)34-23(19)14-20/h7-11,13-14,21-22,24,26,30H,12,15-16H2,1-6H3/b17-7+/t21?,22-,24+,26+,29+/m0/s1. The Morgan fingerprint density at radius 2 is 1.94 bits per heavy atom. The molecular formula is C29H36O6. The van der Waals surface area contributed by atoms with Crippen LogP contribution in [0.25, 0.3) is 11.0 Å². The molecule has 0 saturated heterocycles. The lowest BCUT2D eigenvalue weighted by atomic mass is 9.47. The fourth-order valence-corrected chi connectivity index (χ4v) is 6.36. The highest BCUT2D eigenvalue weighted by atomic mass is 16.6. The molecule has 188 valence electrons. The Kier molecular flexibility index (Phi) is 6.71. The zero-order valence-electron chi connectivity index (χ0n) is 21.5. The Labute approximate surface area is 206 Å². The molecule has 2 aliphatic carbocycles. The molecule has 6 nitrogen and oxygen atoms in total. The van der Waals surface area contributed by atoms with Crippen molar-refractivity contribution in [2.24, 2.45) is 22.7 Å². The molecule has 1 heterocycles. The molecule has 0 aliphatic heterocycles. The van der Waals surface area contributed by atoms with E-state index in [0.29, 0.717) is 29.9 Å². The molecular weight excluding hydrogens is 444 g/mol. The average Bonchev–Trinajstić information content (AvgIpc) is 2.80. The minimum Gasteiger partial charge on any atom is -0.493 e. The number of esters is 1. The number of hydrogen-bond acceptors (Lipinski definition) is 6. The molecule has 0 amide bonds. The number of hydrogen-bond donors (Lipinski definition) is 1. The third kappa shape index (κ3) is 4.56. The van der Waals surface area contributed by atoms with E-state index in [-0.39, 0.29) is 23.2 Å². The van der Waals surface area contributed by atoms with E-state index in [4.69, 9.17) is 13.9 Å². The lowest BCUT2D eigenvalue weighted by Gasteiger charge is -2.59. The number of fused-ring (bicyclic) bond motifs is 2. The predicted molar refractivity (Wildman–Crippen MR) is 135 cm³/mol. The highest BCUT2D eigenvalue weighted by Gasteiger charge is 2.59. The number of ether oxygens (including phenoxy) is 2. The summed E-state index contributed by atoms with van der Waals surface area (Å²) in [5.41, 5.74) is 1.19. The molecule has 1 N–H and O–H groups in total. The summed E-state index contributed by atoms with van der Waals surface area (Å²) in [6.45, 7) is 12.5. The van der Waals surface area contributed by atoms with E-state index in [1.807, 2.05) is 12.1 Å². The maximum Gasteiger partial charge on any atom is 0.336 e. The van der Waals surface area contributed by atoms with Gasteiger partial charge in [0.1, 0.15) is 17.4 Å². The van der Waals surface area contributed by atoms with Gasteiger partial charge in [0.2, 0.25) is 0 Å². The zero-order valence-corrected chi connectivity index (χ0v) is 21.5. The summed E-state index contributed by atoms with van der Waals surface area (Å²) >= 11 is 0. The molecule has 2 aromatic rings. The van der Waals surface area contributed by atoms with Crippen LogP contribution in [0.3, 0.4) is 0 Å². The SMILES string of the molecule is C/C=C(\C)C(=O)O[C@@H]1[C@@H](O)C[C@]2(C)C(COc3ccc4ccc(=O)oc4c3)C(C)=CC[C@@H]2C1(C)C. The Morgan fingerprint density at radius 1 is 1.23 bits per heavy atom. The van der Waals surface area contributed by atoms with Gasteiger partial charge in [-0.15, -0.1) is 0 Å². The Hall–Kier alpha value is -2.86. The normalized spacial score (nSPS) is 30.4. The van der Waals surface area contributed by atoms with Gasteiger partial charge >= 0.3 is 11.6 Å². The second kappa shape index (κ2) is 9.30. The zero-order chi connectivity index (χ0) is 25.5. The Bertz CT molecular complexity index is 1240. The molecule has 0 bridgehead atoms. The van der Waals surface area contributed by atoms with Crippen molar-refractivity contribution < 1.29 is 23.8 Å². The molecule has 1 aromatic heterocycles. The molecule has 4 rings (SSSR count). The molecule has 2 aliphatic rings. The number of rotatable bonds is 5. The number of allylic oxidation sites excluding steroid dienone is 2. The molecule has 1 saturated carbocycles. The smallest absolute Gasteiger partial charge is 0.336 e. The van der Waals surface area contributed by atoms with Crippen molar-refractivity contribution in [3.05, 3.63) is 64.1 Å². The third-order valence-corrected chi connectivity index (χ3v) is 8.45. The lowest BCUT2D eigenvalue weighted by molar-refractivity contribution is -0.200. The van der Waals surface area contributed by atoms with Crippen LogP contribution < -0.4 is 10.4 Å². The van der Waals surface area contributed by atoms with Crippen LogP contribution in [-0.2, 0) is 9.53 Å². The molecule has 35 heavy (non-hydrogen) atoms. The van der Waals surface area contributed by atoms with Gasteiger partial charge in [0.05, 0.1) is 12.7 Å². The first-order valence-electron chi connectivity index (χ1n) is 12.3. The van der Waals surface area contributed by atoms with E-state index < -0.39 is 23.2 Å². The molecule has 5 atom stereocenters. The summed E-state index contributed by atoms with van der Waals surface area (Å²) < 4.78 is 17.4. The summed E-state index contributed by atoms with van der Waals surface area (Å²) in [4.78, 5) is 24.2. The van der Waals surface area contributed by atoms with Gasteiger partial charge in [-0.2, -0.15) is 0 Å². The van der Waals surface area contributed by atoms with E-state index in [1.54, 1.807) is 32.1 Å². The van der Waals surface area contributed by atoms with Crippen molar-refractivity contribution in [3.8, 4) is 5.75 Å². The van der Waals surface area contributed by atoms with Crippen LogP contribution in [-0.4, -0.2) is 29.9 Å². The van der Waals surface area contributed by atoms with Gasteiger partial charge in [0.15, 0.2) is 0 Å². The maximum atomic E-state index is 12.5. The van der Waals surface area contributed by atoms with Gasteiger partial charge in [0, 0.05) is 34.4 Å². The van der Waals surface area contributed by atoms with Crippen LogP contribution in [0.5, 0.6) is 5.75 Å². The Balaban J connectivity index is 1.58. The molecule has 6 heteroatoms. The second-order valence-corrected chi connectivity index (χ2v) is 11.0. The van der Waals surface area contributed by atoms with E-state index in [0.717, 1.165) is 11.8 Å². The van der Waals surface area contributed by atoms with Crippen molar-refractivity contribution in [3.63, 3.8) is 0 Å². The minimum atomic E-state index is -0.775. The summed E-state index contributed by atoms with van der Waals surface area (Å²) in [6, 6.07) is 8.64. The summed E-state index contributed by atoms with van der Waals surface area (Å²) in [5.74, 6) is 0.518. The molecule has 1 fully saturated rings. The number of aliphatic hydroxyl groups excluding tert-OH is 1. The first-order valence-corrected chi connectivity index (χ1v) is 12.3. The highest BCUT2D eigenvalue weighted by Crippen LogP contribution is 2.60. The van der Waals surface area contributed by atoms with Crippen molar-refractivity contribution in [1.82, 2.24) is 0 Å². The molecule has 1 aromatic carbocycles.